The Balaban J connectivity index is 2.46. The quantitative estimate of drug-likeness (QED) is 0.862. The second kappa shape index (κ2) is 7.31. The summed E-state index contributed by atoms with van der Waals surface area (Å²) in [5, 5.41) is 3.00. The number of aryl methyl sites for hydroxylation is 1. The molecule has 1 aromatic heterocycles. The number of amides is 1. The van der Waals surface area contributed by atoms with Crippen LogP contribution < -0.4 is 10.1 Å². The number of carbonyl (C=O) groups is 1. The van der Waals surface area contributed by atoms with Crippen LogP contribution in [0.5, 0.6) is 5.75 Å². The van der Waals surface area contributed by atoms with Gasteiger partial charge < -0.3 is 19.9 Å². The van der Waals surface area contributed by atoms with E-state index in [4.69, 9.17) is 10.2 Å². The maximum Gasteiger partial charge on any atom is 0.412 e. The molecule has 0 aliphatic rings. The lowest BCUT2D eigenvalue weighted by Gasteiger charge is -2.11. The molecule has 0 aliphatic carbocycles. The Bertz CT molecular complexity index is 787. The fraction of sp³-hybridized carbons (Fsp3) is 0.471. The smallest absolute Gasteiger partial charge is 0.410 e. The summed E-state index contributed by atoms with van der Waals surface area (Å²) in [4.78, 5) is 16.1. The lowest BCUT2D eigenvalue weighted by molar-refractivity contribution is 0.199. The topological polar surface area (TPSA) is 57.4 Å². The summed E-state index contributed by atoms with van der Waals surface area (Å²) in [6.07, 6.45) is -1.55. The molecule has 0 radical (unpaired) electrons. The van der Waals surface area contributed by atoms with E-state index in [1.165, 1.54) is 25.2 Å². The van der Waals surface area contributed by atoms with E-state index in [1.807, 2.05) is 13.8 Å². The molecular weight excluding hydrogens is 278 g/mol. The SMILES string of the molecule is [2H]C([2H])(c1c[nH]c2cccc(OC(=O)NCC(C)C)c12)C([2H])([2H])N(C)C. The average molecular weight is 307 g/mol. The van der Waals surface area contributed by atoms with Crippen LogP contribution in [-0.4, -0.2) is 43.1 Å². The fourth-order valence-electron chi connectivity index (χ4n) is 1.93. The Morgan fingerprint density at radius 3 is 2.91 bits per heavy atom. The first kappa shape index (κ1) is 11.5. The highest BCUT2D eigenvalue weighted by Gasteiger charge is 2.13. The van der Waals surface area contributed by atoms with Crippen molar-refractivity contribution in [2.45, 2.75) is 20.2 Å². The Kier molecular flexibility index (Phi) is 3.84. The second-order valence-electron chi connectivity index (χ2n) is 5.68. The fourth-order valence-corrected chi connectivity index (χ4v) is 1.93. The van der Waals surface area contributed by atoms with Crippen LogP contribution in [0.3, 0.4) is 0 Å². The zero-order valence-corrected chi connectivity index (χ0v) is 13.4. The van der Waals surface area contributed by atoms with Gasteiger partial charge in [0.2, 0.25) is 0 Å². The van der Waals surface area contributed by atoms with Crippen molar-refractivity contribution in [3.05, 3.63) is 30.0 Å². The van der Waals surface area contributed by atoms with Crippen molar-refractivity contribution in [1.29, 1.82) is 0 Å². The summed E-state index contributed by atoms with van der Waals surface area (Å²) in [6, 6.07) is 4.97. The predicted molar refractivity (Wildman–Crippen MR) is 89.4 cm³/mol. The summed E-state index contributed by atoms with van der Waals surface area (Å²) < 4.78 is 38.4. The molecule has 1 heterocycles. The number of carbonyl (C=O) groups excluding carboxylic acids is 1. The highest BCUT2D eigenvalue weighted by Crippen LogP contribution is 2.29. The first-order chi connectivity index (χ1) is 12.0. The molecule has 0 atom stereocenters. The Morgan fingerprint density at radius 1 is 1.45 bits per heavy atom. The lowest BCUT2D eigenvalue weighted by Crippen LogP contribution is -2.30. The number of H-pyrrole nitrogens is 1. The number of rotatable bonds is 6. The molecule has 0 saturated heterocycles. The molecule has 0 saturated carbocycles. The zero-order valence-electron chi connectivity index (χ0n) is 17.4. The summed E-state index contributed by atoms with van der Waals surface area (Å²) in [6.45, 7) is 2.11. The summed E-state index contributed by atoms with van der Waals surface area (Å²) in [5.74, 6) is 0.445. The third-order valence-corrected chi connectivity index (χ3v) is 2.94. The minimum Gasteiger partial charge on any atom is -0.410 e. The van der Waals surface area contributed by atoms with E-state index in [2.05, 4.69) is 10.3 Å². The van der Waals surface area contributed by atoms with Gasteiger partial charge >= 0.3 is 6.09 Å². The number of aromatic amines is 1. The van der Waals surface area contributed by atoms with Crippen molar-refractivity contribution in [3.63, 3.8) is 0 Å². The average Bonchev–Trinajstić information content (AvgIpc) is 2.98. The molecule has 5 heteroatoms. The van der Waals surface area contributed by atoms with Gasteiger partial charge in [-0.05, 0) is 44.1 Å². The molecule has 0 spiro atoms. The third kappa shape index (κ3) is 4.24. The van der Waals surface area contributed by atoms with E-state index in [9.17, 15) is 4.79 Å². The first-order valence-corrected chi connectivity index (χ1v) is 7.22. The van der Waals surface area contributed by atoms with Gasteiger partial charge in [-0.25, -0.2) is 4.79 Å². The van der Waals surface area contributed by atoms with Gasteiger partial charge in [-0.2, -0.15) is 0 Å². The first-order valence-electron chi connectivity index (χ1n) is 9.22. The molecule has 0 bridgehead atoms. The maximum atomic E-state index is 12.0. The van der Waals surface area contributed by atoms with Crippen LogP contribution in [0.1, 0.15) is 24.9 Å². The molecule has 0 fully saturated rings. The number of ether oxygens (including phenoxy) is 1. The molecule has 2 aromatic rings. The number of nitrogens with one attached hydrogen (secondary N) is 2. The van der Waals surface area contributed by atoms with E-state index in [0.29, 0.717) is 17.4 Å². The summed E-state index contributed by atoms with van der Waals surface area (Å²) in [7, 11) is 2.95. The van der Waals surface area contributed by atoms with Gasteiger partial charge in [0.05, 0.1) is 0 Å². The van der Waals surface area contributed by atoms with Crippen molar-refractivity contribution in [2.24, 2.45) is 5.92 Å². The maximum absolute atomic E-state index is 12.0. The predicted octanol–water partition coefficient (Wildman–Crippen LogP) is 3.02. The van der Waals surface area contributed by atoms with Crippen LogP contribution in [0.15, 0.2) is 24.4 Å². The highest BCUT2D eigenvalue weighted by atomic mass is 16.6. The minimum absolute atomic E-state index is 0.0958. The molecule has 0 unspecified atom stereocenters. The normalized spacial score (nSPS) is 15.4. The monoisotopic (exact) mass is 307 g/mol. The second-order valence-corrected chi connectivity index (χ2v) is 5.68. The number of aromatic nitrogens is 1. The molecular formula is C17H25N3O2. The molecule has 0 aliphatic heterocycles. The number of benzene rings is 1. The molecule has 5 nitrogen and oxygen atoms in total. The lowest BCUT2D eigenvalue weighted by atomic mass is 10.1. The molecule has 1 aromatic carbocycles. The van der Waals surface area contributed by atoms with E-state index in [-0.39, 0.29) is 17.2 Å². The van der Waals surface area contributed by atoms with E-state index in [0.717, 1.165) is 0 Å². The van der Waals surface area contributed by atoms with Gasteiger partial charge in [-0.1, -0.05) is 19.9 Å². The third-order valence-electron chi connectivity index (χ3n) is 2.94. The van der Waals surface area contributed by atoms with Crippen LogP contribution >= 0.6 is 0 Å². The number of nitrogens with zero attached hydrogens (tertiary/aromatic N) is 1. The van der Waals surface area contributed by atoms with Gasteiger partial charge in [0.15, 0.2) is 0 Å². The highest BCUT2D eigenvalue weighted by molar-refractivity contribution is 5.91. The van der Waals surface area contributed by atoms with Crippen molar-refractivity contribution < 1.29 is 15.0 Å². The molecule has 1 amide bonds. The van der Waals surface area contributed by atoms with Crippen LogP contribution in [0.2, 0.25) is 0 Å². The standard InChI is InChI=1S/C17H25N3O2/c1-12(2)10-19-17(21)22-15-7-5-6-14-16(15)13(11-18-14)8-9-20(3)4/h5-7,11-12,18H,8-10H2,1-4H3,(H,19,21)/i8D2,9D2. The number of hydrogen-bond acceptors (Lipinski definition) is 3. The van der Waals surface area contributed by atoms with Crippen LogP contribution in [0, 0.1) is 5.92 Å². The molecule has 2 N–H and O–H groups in total. The van der Waals surface area contributed by atoms with Crippen molar-refractivity contribution in [2.75, 3.05) is 27.1 Å². The van der Waals surface area contributed by atoms with Crippen LogP contribution in [0.4, 0.5) is 4.79 Å². The van der Waals surface area contributed by atoms with E-state index in [1.54, 1.807) is 18.2 Å². The van der Waals surface area contributed by atoms with Gasteiger partial charge in [0, 0.05) is 35.6 Å². The number of likely N-dealkylation sites (N-methyl/N-ethyl adjacent to an activating group) is 1. The summed E-state index contributed by atoms with van der Waals surface area (Å²) >= 11 is 0. The Labute approximate surface area is 137 Å². The minimum atomic E-state index is -2.34. The van der Waals surface area contributed by atoms with Crippen LogP contribution in [0.25, 0.3) is 10.9 Å². The van der Waals surface area contributed by atoms with Crippen molar-refractivity contribution in [1.82, 2.24) is 15.2 Å². The van der Waals surface area contributed by atoms with Gasteiger partial charge in [-0.3, -0.25) is 0 Å². The van der Waals surface area contributed by atoms with E-state index >= 15 is 0 Å². The van der Waals surface area contributed by atoms with Gasteiger partial charge in [0.25, 0.3) is 0 Å². The van der Waals surface area contributed by atoms with Crippen LogP contribution in [-0.2, 0) is 6.37 Å². The Morgan fingerprint density at radius 2 is 2.23 bits per heavy atom. The Hall–Kier alpha value is -2.01. The number of hydrogen-bond donors (Lipinski definition) is 2. The van der Waals surface area contributed by atoms with E-state index < -0.39 is 19.0 Å². The van der Waals surface area contributed by atoms with Gasteiger partial charge in [0.1, 0.15) is 5.75 Å². The zero-order chi connectivity index (χ0) is 19.7. The van der Waals surface area contributed by atoms with Crippen molar-refractivity contribution >= 4 is 17.0 Å². The van der Waals surface area contributed by atoms with Gasteiger partial charge in [-0.15, -0.1) is 0 Å². The molecule has 2 rings (SSSR count). The molecule has 120 valence electrons. The van der Waals surface area contributed by atoms with Crippen molar-refractivity contribution in [3.8, 4) is 5.75 Å². The summed E-state index contributed by atoms with van der Waals surface area (Å²) in [5.41, 5.74) is 0.658. The number of fused-ring (bicyclic) bond motifs is 1. The molecule has 22 heavy (non-hydrogen) atoms. The largest absolute Gasteiger partial charge is 0.412 e.